The number of hydrogen-bond acceptors (Lipinski definition) is 3. The van der Waals surface area contributed by atoms with Crippen molar-refractivity contribution in [2.75, 3.05) is 13.2 Å². The van der Waals surface area contributed by atoms with Gasteiger partial charge in [0.25, 0.3) is 5.91 Å². The molecule has 0 aliphatic heterocycles. The molecule has 0 rings (SSSR count). The molecule has 0 saturated heterocycles. The molecule has 0 aromatic rings. The Morgan fingerprint density at radius 1 is 0.952 bits per heavy atom. The Hall–Kier alpha value is -1.32. The molecule has 0 heterocycles. The highest BCUT2D eigenvalue weighted by atomic mass is 16.5. The Morgan fingerprint density at radius 3 is 2.00 bits per heavy atom. The van der Waals surface area contributed by atoms with E-state index in [1.165, 1.54) is 44.9 Å². The third-order valence-corrected chi connectivity index (χ3v) is 3.29. The van der Waals surface area contributed by atoms with Crippen LogP contribution in [0, 0.1) is 0 Å². The highest BCUT2D eigenvalue weighted by Gasteiger charge is 2.06. The summed E-state index contributed by atoms with van der Waals surface area (Å²) < 4.78 is 4.76. The molecule has 0 aromatic heterocycles. The van der Waals surface area contributed by atoms with E-state index in [9.17, 15) is 9.59 Å². The lowest BCUT2D eigenvalue weighted by molar-refractivity contribution is -0.144. The standard InChI is InChI=1S/C17H31NO3/c1-4-5-6-7-8-9-10-11-12-13-18-16(19)14-21-17(20)15(2)3/h2,4-14H2,1,3H3,(H,18,19). The highest BCUT2D eigenvalue weighted by Crippen LogP contribution is 2.09. The molecule has 4 heteroatoms. The molecule has 0 radical (unpaired) electrons. The summed E-state index contributed by atoms with van der Waals surface area (Å²) in [5.74, 6) is -0.766. The van der Waals surface area contributed by atoms with Gasteiger partial charge >= 0.3 is 5.97 Å². The van der Waals surface area contributed by atoms with Crippen molar-refractivity contribution in [3.63, 3.8) is 0 Å². The first kappa shape index (κ1) is 19.7. The van der Waals surface area contributed by atoms with Crippen LogP contribution >= 0.6 is 0 Å². The van der Waals surface area contributed by atoms with Gasteiger partial charge in [-0.1, -0.05) is 64.9 Å². The smallest absolute Gasteiger partial charge is 0.333 e. The molecule has 1 amide bonds. The fraction of sp³-hybridized carbons (Fsp3) is 0.765. The second-order valence-electron chi connectivity index (χ2n) is 5.53. The average molecular weight is 297 g/mol. The van der Waals surface area contributed by atoms with Crippen LogP contribution < -0.4 is 5.32 Å². The topological polar surface area (TPSA) is 55.4 Å². The van der Waals surface area contributed by atoms with Crippen molar-refractivity contribution in [1.29, 1.82) is 0 Å². The van der Waals surface area contributed by atoms with E-state index in [0.717, 1.165) is 12.8 Å². The summed E-state index contributed by atoms with van der Waals surface area (Å²) in [5.41, 5.74) is 0.307. The predicted octanol–water partition coefficient (Wildman–Crippen LogP) is 3.75. The van der Waals surface area contributed by atoms with Crippen molar-refractivity contribution in [1.82, 2.24) is 5.32 Å². The van der Waals surface area contributed by atoms with E-state index in [1.807, 2.05) is 0 Å². The van der Waals surface area contributed by atoms with Crippen LogP contribution in [0.25, 0.3) is 0 Å². The van der Waals surface area contributed by atoms with Gasteiger partial charge in [0.05, 0.1) is 0 Å². The molecular weight excluding hydrogens is 266 g/mol. The number of hydrogen-bond donors (Lipinski definition) is 1. The molecule has 21 heavy (non-hydrogen) atoms. The molecule has 0 aliphatic carbocycles. The van der Waals surface area contributed by atoms with Gasteiger partial charge in [-0.05, 0) is 13.3 Å². The van der Waals surface area contributed by atoms with Crippen LogP contribution in [0.15, 0.2) is 12.2 Å². The summed E-state index contributed by atoms with van der Waals surface area (Å²) >= 11 is 0. The lowest BCUT2D eigenvalue weighted by Gasteiger charge is -2.06. The second kappa shape index (κ2) is 13.7. The van der Waals surface area contributed by atoms with Crippen molar-refractivity contribution in [3.05, 3.63) is 12.2 Å². The maximum absolute atomic E-state index is 11.4. The Labute approximate surface area is 129 Å². The van der Waals surface area contributed by atoms with Crippen molar-refractivity contribution < 1.29 is 14.3 Å². The second-order valence-corrected chi connectivity index (χ2v) is 5.53. The van der Waals surface area contributed by atoms with Gasteiger partial charge in [0.2, 0.25) is 0 Å². The van der Waals surface area contributed by atoms with Gasteiger partial charge in [-0.15, -0.1) is 0 Å². The first-order chi connectivity index (χ1) is 10.1. The van der Waals surface area contributed by atoms with Gasteiger partial charge < -0.3 is 10.1 Å². The van der Waals surface area contributed by atoms with E-state index >= 15 is 0 Å². The van der Waals surface area contributed by atoms with Gasteiger partial charge in [-0.2, -0.15) is 0 Å². The van der Waals surface area contributed by atoms with Crippen molar-refractivity contribution in [2.24, 2.45) is 0 Å². The SMILES string of the molecule is C=C(C)C(=O)OCC(=O)NCCCCCCCCCCC. The van der Waals surface area contributed by atoms with Gasteiger partial charge in [0.15, 0.2) is 6.61 Å². The zero-order chi connectivity index (χ0) is 15.9. The normalized spacial score (nSPS) is 10.2. The minimum atomic E-state index is -0.520. The first-order valence-corrected chi connectivity index (χ1v) is 8.17. The van der Waals surface area contributed by atoms with Crippen molar-refractivity contribution in [2.45, 2.75) is 71.6 Å². The maximum atomic E-state index is 11.4. The Bertz CT molecular complexity index is 313. The largest absolute Gasteiger partial charge is 0.452 e. The summed E-state index contributed by atoms with van der Waals surface area (Å²) in [6, 6.07) is 0. The third kappa shape index (κ3) is 13.4. The van der Waals surface area contributed by atoms with E-state index in [0.29, 0.717) is 12.1 Å². The number of esters is 1. The van der Waals surface area contributed by atoms with E-state index in [2.05, 4.69) is 18.8 Å². The fourth-order valence-electron chi connectivity index (χ4n) is 1.97. The van der Waals surface area contributed by atoms with Crippen LogP contribution in [-0.2, 0) is 14.3 Å². The molecular formula is C17H31NO3. The highest BCUT2D eigenvalue weighted by molar-refractivity contribution is 5.89. The summed E-state index contributed by atoms with van der Waals surface area (Å²) in [4.78, 5) is 22.5. The first-order valence-electron chi connectivity index (χ1n) is 8.17. The van der Waals surface area contributed by atoms with E-state index in [1.54, 1.807) is 6.92 Å². The molecule has 0 saturated carbocycles. The molecule has 1 N–H and O–H groups in total. The van der Waals surface area contributed by atoms with Crippen LogP contribution in [0.1, 0.15) is 71.6 Å². The number of ether oxygens (including phenoxy) is 1. The van der Waals surface area contributed by atoms with Crippen LogP contribution in [0.5, 0.6) is 0 Å². The fourth-order valence-corrected chi connectivity index (χ4v) is 1.97. The van der Waals surface area contributed by atoms with E-state index in [-0.39, 0.29) is 12.5 Å². The van der Waals surface area contributed by atoms with E-state index in [4.69, 9.17) is 4.74 Å². The van der Waals surface area contributed by atoms with E-state index < -0.39 is 5.97 Å². The minimum absolute atomic E-state index is 0.219. The number of carbonyl (C=O) groups is 2. The van der Waals surface area contributed by atoms with Gasteiger partial charge in [-0.25, -0.2) is 4.79 Å². The maximum Gasteiger partial charge on any atom is 0.333 e. The molecule has 4 nitrogen and oxygen atoms in total. The zero-order valence-electron chi connectivity index (χ0n) is 13.7. The van der Waals surface area contributed by atoms with Crippen LogP contribution in [0.3, 0.4) is 0 Å². The lowest BCUT2D eigenvalue weighted by atomic mass is 10.1. The quantitative estimate of drug-likeness (QED) is 0.320. The van der Waals surface area contributed by atoms with Crippen LogP contribution in [-0.4, -0.2) is 25.0 Å². The summed E-state index contributed by atoms with van der Waals surface area (Å²) in [5, 5.41) is 2.75. The average Bonchev–Trinajstić information content (AvgIpc) is 2.46. The molecule has 0 atom stereocenters. The minimum Gasteiger partial charge on any atom is -0.452 e. The summed E-state index contributed by atoms with van der Waals surface area (Å²) in [7, 11) is 0. The van der Waals surface area contributed by atoms with Crippen LogP contribution in [0.2, 0.25) is 0 Å². The van der Waals surface area contributed by atoms with Crippen LogP contribution in [0.4, 0.5) is 0 Å². The molecule has 122 valence electrons. The number of rotatable bonds is 13. The lowest BCUT2D eigenvalue weighted by Crippen LogP contribution is -2.29. The number of nitrogens with one attached hydrogen (secondary N) is 1. The van der Waals surface area contributed by atoms with Gasteiger partial charge in [-0.3, -0.25) is 4.79 Å². The summed E-state index contributed by atoms with van der Waals surface area (Å²) in [6.45, 7) is 7.67. The third-order valence-electron chi connectivity index (χ3n) is 3.29. The molecule has 0 bridgehead atoms. The van der Waals surface area contributed by atoms with Gasteiger partial charge in [0, 0.05) is 12.1 Å². The Balaban J connectivity index is 3.29. The van der Waals surface area contributed by atoms with Gasteiger partial charge in [0.1, 0.15) is 0 Å². The Kier molecular flexibility index (Phi) is 12.8. The number of carbonyl (C=O) groups excluding carboxylic acids is 2. The monoisotopic (exact) mass is 297 g/mol. The number of unbranched alkanes of at least 4 members (excludes halogenated alkanes) is 8. The molecule has 0 aliphatic rings. The predicted molar refractivity (Wildman–Crippen MR) is 86.0 cm³/mol. The zero-order valence-corrected chi connectivity index (χ0v) is 13.7. The Morgan fingerprint density at radius 2 is 1.48 bits per heavy atom. The van der Waals surface area contributed by atoms with Crippen molar-refractivity contribution in [3.8, 4) is 0 Å². The summed E-state index contributed by atoms with van der Waals surface area (Å²) in [6.07, 6.45) is 11.3. The molecule has 0 spiro atoms. The molecule has 0 unspecified atom stereocenters. The molecule has 0 aromatic carbocycles. The molecule has 0 fully saturated rings. The number of amides is 1. The van der Waals surface area contributed by atoms with Crippen molar-refractivity contribution >= 4 is 11.9 Å².